The molecule has 1 heterocycles. The van der Waals surface area contributed by atoms with Crippen molar-refractivity contribution in [1.29, 1.82) is 0 Å². The van der Waals surface area contributed by atoms with Gasteiger partial charge in [-0.1, -0.05) is 30.2 Å². The van der Waals surface area contributed by atoms with E-state index < -0.39 is 16.0 Å². The van der Waals surface area contributed by atoms with E-state index in [9.17, 15) is 13.2 Å². The largest absolute Gasteiger partial charge is 0.495 e. The van der Waals surface area contributed by atoms with E-state index in [2.05, 4.69) is 0 Å². The van der Waals surface area contributed by atoms with Crippen LogP contribution >= 0.6 is 0 Å². The second-order valence-electron chi connectivity index (χ2n) is 6.94. The molecule has 0 unspecified atom stereocenters. The van der Waals surface area contributed by atoms with E-state index in [0.717, 1.165) is 24.8 Å². The molecule has 0 bridgehead atoms. The second-order valence-corrected chi connectivity index (χ2v) is 8.85. The molecule has 0 amide bonds. The molecule has 2 aromatic rings. The normalized spacial score (nSPS) is 15.4. The van der Waals surface area contributed by atoms with Crippen LogP contribution in [0.2, 0.25) is 0 Å². The zero-order valence-electron chi connectivity index (χ0n) is 16.6. The first kappa shape index (κ1) is 21.1. The molecule has 0 spiro atoms. The van der Waals surface area contributed by atoms with Crippen LogP contribution in [0.3, 0.4) is 0 Å². The molecule has 0 N–H and O–H groups in total. The summed E-state index contributed by atoms with van der Waals surface area (Å²) in [5.41, 5.74) is 1.64. The van der Waals surface area contributed by atoms with Crippen molar-refractivity contribution >= 4 is 22.1 Å². The number of hydrogen-bond acceptors (Lipinski definition) is 5. The van der Waals surface area contributed by atoms with Crippen molar-refractivity contribution in [3.8, 4) is 11.5 Å². The monoisotopic (exact) mass is 415 g/mol. The third kappa shape index (κ3) is 5.25. The van der Waals surface area contributed by atoms with Crippen LogP contribution in [0, 0.1) is 6.92 Å². The van der Waals surface area contributed by atoms with Crippen molar-refractivity contribution in [2.75, 3.05) is 20.2 Å². The smallest absolute Gasteiger partial charge is 0.336 e. The zero-order chi connectivity index (χ0) is 20.9. The number of nitrogens with zero attached hydrogens (tertiary/aromatic N) is 1. The Morgan fingerprint density at radius 3 is 2.38 bits per heavy atom. The first-order valence-corrected chi connectivity index (χ1v) is 11.0. The molecule has 0 radical (unpaired) electrons. The van der Waals surface area contributed by atoms with Gasteiger partial charge in [0.05, 0.1) is 7.11 Å². The van der Waals surface area contributed by atoms with Crippen molar-refractivity contribution < 1.29 is 22.7 Å². The summed E-state index contributed by atoms with van der Waals surface area (Å²) in [6, 6.07) is 12.0. The molecule has 0 aromatic heterocycles. The minimum Gasteiger partial charge on any atom is -0.495 e. The molecule has 0 aliphatic carbocycles. The molecule has 29 heavy (non-hydrogen) atoms. The summed E-state index contributed by atoms with van der Waals surface area (Å²) in [5, 5.41) is 0. The highest BCUT2D eigenvalue weighted by Gasteiger charge is 2.29. The number of ether oxygens (including phenoxy) is 2. The van der Waals surface area contributed by atoms with E-state index in [1.165, 1.54) is 29.6 Å². The Morgan fingerprint density at radius 2 is 1.72 bits per heavy atom. The van der Waals surface area contributed by atoms with E-state index in [4.69, 9.17) is 9.47 Å². The maximum Gasteiger partial charge on any atom is 0.336 e. The number of carbonyl (C=O) groups excluding carboxylic acids is 1. The van der Waals surface area contributed by atoms with E-state index in [1.807, 2.05) is 19.1 Å². The minimum absolute atomic E-state index is 0.107. The highest BCUT2D eigenvalue weighted by molar-refractivity contribution is 7.89. The molecular weight excluding hydrogens is 390 g/mol. The van der Waals surface area contributed by atoms with Crippen LogP contribution in [0.5, 0.6) is 11.5 Å². The lowest BCUT2D eigenvalue weighted by Crippen LogP contribution is -2.35. The van der Waals surface area contributed by atoms with Crippen molar-refractivity contribution in [1.82, 2.24) is 4.31 Å². The van der Waals surface area contributed by atoms with Gasteiger partial charge in [0, 0.05) is 19.2 Å². The number of benzene rings is 2. The third-order valence-corrected chi connectivity index (χ3v) is 6.69. The van der Waals surface area contributed by atoms with Crippen LogP contribution in [0.25, 0.3) is 6.08 Å². The standard InChI is InChI=1S/C22H25NO5S/c1-17-6-10-19(11-7-17)28-22(24)13-9-18-8-12-20(27-2)21(16-18)29(25,26)23-14-4-3-5-15-23/h6-13,16H,3-5,14-15H2,1-2H3/b13-9+. The van der Waals surface area contributed by atoms with Gasteiger partial charge in [0.15, 0.2) is 0 Å². The zero-order valence-corrected chi connectivity index (χ0v) is 17.4. The fraction of sp³-hybridized carbons (Fsp3) is 0.318. The number of carbonyl (C=O) groups is 1. The molecule has 1 aliphatic rings. The Morgan fingerprint density at radius 1 is 1.03 bits per heavy atom. The molecule has 3 rings (SSSR count). The Labute approximate surface area is 171 Å². The molecule has 0 atom stereocenters. The molecular formula is C22H25NO5S. The van der Waals surface area contributed by atoms with Gasteiger partial charge in [0.25, 0.3) is 0 Å². The third-order valence-electron chi connectivity index (χ3n) is 4.77. The number of piperidine rings is 1. The first-order valence-electron chi connectivity index (χ1n) is 9.55. The molecule has 7 heteroatoms. The van der Waals surface area contributed by atoms with Crippen LogP contribution < -0.4 is 9.47 Å². The number of hydrogen-bond donors (Lipinski definition) is 0. The second kappa shape index (κ2) is 9.24. The van der Waals surface area contributed by atoms with Gasteiger partial charge >= 0.3 is 5.97 Å². The number of sulfonamides is 1. The summed E-state index contributed by atoms with van der Waals surface area (Å²) in [4.78, 5) is 12.2. The highest BCUT2D eigenvalue weighted by Crippen LogP contribution is 2.30. The van der Waals surface area contributed by atoms with Crippen LogP contribution in [0.1, 0.15) is 30.4 Å². The number of methoxy groups -OCH3 is 1. The molecule has 1 fully saturated rings. The fourth-order valence-corrected chi connectivity index (χ4v) is 4.87. The van der Waals surface area contributed by atoms with Gasteiger partial charge in [0.2, 0.25) is 10.0 Å². The van der Waals surface area contributed by atoms with Crippen LogP contribution in [-0.4, -0.2) is 38.9 Å². The average molecular weight is 416 g/mol. The summed E-state index contributed by atoms with van der Waals surface area (Å²) in [6.45, 7) is 2.97. The Kier molecular flexibility index (Phi) is 6.71. The molecule has 1 aliphatic heterocycles. The summed E-state index contributed by atoms with van der Waals surface area (Å²) in [5.74, 6) is 0.202. The first-order chi connectivity index (χ1) is 13.9. The van der Waals surface area contributed by atoms with E-state index in [-0.39, 0.29) is 10.6 Å². The Hall–Kier alpha value is -2.64. The average Bonchev–Trinajstić information content (AvgIpc) is 2.74. The maximum atomic E-state index is 13.1. The van der Waals surface area contributed by atoms with Crippen molar-refractivity contribution in [2.45, 2.75) is 31.1 Å². The van der Waals surface area contributed by atoms with Crippen LogP contribution in [-0.2, 0) is 14.8 Å². The van der Waals surface area contributed by atoms with E-state index >= 15 is 0 Å². The van der Waals surface area contributed by atoms with Gasteiger partial charge in [-0.3, -0.25) is 0 Å². The van der Waals surface area contributed by atoms with Gasteiger partial charge in [0.1, 0.15) is 16.4 Å². The quantitative estimate of drug-likeness (QED) is 0.408. The summed E-state index contributed by atoms with van der Waals surface area (Å²) in [6.07, 6.45) is 5.55. The molecule has 6 nitrogen and oxygen atoms in total. The van der Waals surface area contributed by atoms with Crippen molar-refractivity contribution in [2.24, 2.45) is 0 Å². The Balaban J connectivity index is 1.79. The lowest BCUT2D eigenvalue weighted by Gasteiger charge is -2.26. The SMILES string of the molecule is COc1ccc(/C=C/C(=O)Oc2ccc(C)cc2)cc1S(=O)(=O)N1CCCCC1. The maximum absolute atomic E-state index is 13.1. The van der Waals surface area contributed by atoms with Gasteiger partial charge in [-0.25, -0.2) is 13.2 Å². The van der Waals surface area contributed by atoms with Gasteiger partial charge in [-0.15, -0.1) is 0 Å². The number of aryl methyl sites for hydroxylation is 1. The summed E-state index contributed by atoms with van der Waals surface area (Å²) < 4.78 is 38.1. The van der Waals surface area contributed by atoms with E-state index in [0.29, 0.717) is 24.4 Å². The summed E-state index contributed by atoms with van der Waals surface area (Å²) >= 11 is 0. The topological polar surface area (TPSA) is 72.9 Å². The number of esters is 1. The fourth-order valence-electron chi connectivity index (χ4n) is 3.16. The van der Waals surface area contributed by atoms with E-state index in [1.54, 1.807) is 24.3 Å². The summed E-state index contributed by atoms with van der Waals surface area (Å²) in [7, 11) is -2.22. The molecule has 0 saturated carbocycles. The predicted molar refractivity (Wildman–Crippen MR) is 111 cm³/mol. The van der Waals surface area contributed by atoms with Crippen molar-refractivity contribution in [3.05, 3.63) is 59.7 Å². The van der Waals surface area contributed by atoms with Gasteiger partial charge < -0.3 is 9.47 Å². The van der Waals surface area contributed by atoms with Gasteiger partial charge in [-0.2, -0.15) is 4.31 Å². The number of rotatable bonds is 6. The molecule has 154 valence electrons. The van der Waals surface area contributed by atoms with Crippen molar-refractivity contribution in [3.63, 3.8) is 0 Å². The lowest BCUT2D eigenvalue weighted by atomic mass is 10.2. The minimum atomic E-state index is -3.66. The Bertz CT molecular complexity index is 990. The van der Waals surface area contributed by atoms with Crippen LogP contribution in [0.4, 0.5) is 0 Å². The molecule has 1 saturated heterocycles. The van der Waals surface area contributed by atoms with Crippen LogP contribution in [0.15, 0.2) is 53.4 Å². The van der Waals surface area contributed by atoms with Gasteiger partial charge in [-0.05, 0) is 55.7 Å². The predicted octanol–water partition coefficient (Wildman–Crippen LogP) is 3.80. The highest BCUT2D eigenvalue weighted by atomic mass is 32.2. The lowest BCUT2D eigenvalue weighted by molar-refractivity contribution is -0.128. The molecule has 2 aromatic carbocycles.